The number of hydrogen-bond donors (Lipinski definition) is 1. The second kappa shape index (κ2) is 6.91. The zero-order valence-corrected chi connectivity index (χ0v) is 12.2. The lowest BCUT2D eigenvalue weighted by atomic mass is 9.74. The van der Waals surface area contributed by atoms with E-state index in [1.807, 2.05) is 29.9 Å². The number of carbonyl (C=O) groups excluding carboxylic acids is 1. The standard InChI is InChI=1S/C15H22BNO3/c1-3-20-15(18)14-11-17(16(2)19)10-9-13(14)12-7-5-4-6-8-12/h4-8,13-14,19H,3,9-11H2,1-2H3/t13-,14+/m0/s1. The Bertz CT molecular complexity index is 438. The molecule has 108 valence electrons. The quantitative estimate of drug-likeness (QED) is 0.672. The fraction of sp³-hybridized carbons (Fsp3) is 0.533. The molecule has 1 aromatic rings. The topological polar surface area (TPSA) is 49.8 Å². The highest BCUT2D eigenvalue weighted by Gasteiger charge is 2.37. The molecule has 1 N–H and O–H groups in total. The van der Waals surface area contributed by atoms with Gasteiger partial charge >= 0.3 is 13.0 Å². The number of carbonyl (C=O) groups is 1. The van der Waals surface area contributed by atoms with E-state index < -0.39 is 7.05 Å². The molecule has 1 fully saturated rings. The van der Waals surface area contributed by atoms with Gasteiger partial charge in [-0.2, -0.15) is 0 Å². The summed E-state index contributed by atoms with van der Waals surface area (Å²) in [6.07, 6.45) is 0.860. The van der Waals surface area contributed by atoms with Crippen LogP contribution in [0.15, 0.2) is 30.3 Å². The summed E-state index contributed by atoms with van der Waals surface area (Å²) in [5, 5.41) is 9.74. The fourth-order valence-electron chi connectivity index (χ4n) is 2.90. The molecule has 1 aliphatic heterocycles. The summed E-state index contributed by atoms with van der Waals surface area (Å²) in [7, 11) is -0.524. The van der Waals surface area contributed by atoms with Gasteiger partial charge in [0, 0.05) is 6.54 Å². The first-order valence-corrected chi connectivity index (χ1v) is 7.27. The van der Waals surface area contributed by atoms with Crippen molar-refractivity contribution in [2.75, 3.05) is 19.7 Å². The van der Waals surface area contributed by atoms with Crippen molar-refractivity contribution >= 4 is 13.0 Å². The van der Waals surface area contributed by atoms with Crippen LogP contribution >= 0.6 is 0 Å². The van der Waals surface area contributed by atoms with Crippen LogP contribution in [0.2, 0.25) is 6.82 Å². The van der Waals surface area contributed by atoms with Gasteiger partial charge in [-0.05, 0) is 38.2 Å². The lowest BCUT2D eigenvalue weighted by Crippen LogP contribution is -2.49. The lowest BCUT2D eigenvalue weighted by molar-refractivity contribution is -0.150. The van der Waals surface area contributed by atoms with Crippen LogP contribution in [0.25, 0.3) is 0 Å². The third kappa shape index (κ3) is 3.41. The minimum atomic E-state index is -0.524. The monoisotopic (exact) mass is 275 g/mol. The molecule has 5 heteroatoms. The van der Waals surface area contributed by atoms with E-state index in [2.05, 4.69) is 12.1 Å². The van der Waals surface area contributed by atoms with Crippen LogP contribution in [0.1, 0.15) is 24.8 Å². The van der Waals surface area contributed by atoms with Gasteiger partial charge < -0.3 is 14.6 Å². The van der Waals surface area contributed by atoms with Crippen LogP contribution in [-0.4, -0.2) is 42.6 Å². The first-order chi connectivity index (χ1) is 9.63. The van der Waals surface area contributed by atoms with Gasteiger partial charge in [-0.15, -0.1) is 0 Å². The summed E-state index contributed by atoms with van der Waals surface area (Å²) in [6, 6.07) is 10.1. The van der Waals surface area contributed by atoms with Gasteiger partial charge in [0.05, 0.1) is 12.5 Å². The van der Waals surface area contributed by atoms with E-state index in [-0.39, 0.29) is 17.8 Å². The number of esters is 1. The van der Waals surface area contributed by atoms with Crippen LogP contribution in [0, 0.1) is 5.92 Å². The van der Waals surface area contributed by atoms with Crippen LogP contribution < -0.4 is 0 Å². The normalized spacial score (nSPS) is 23.4. The molecule has 4 nitrogen and oxygen atoms in total. The van der Waals surface area contributed by atoms with Crippen molar-refractivity contribution in [1.82, 2.24) is 4.81 Å². The van der Waals surface area contributed by atoms with E-state index in [1.165, 1.54) is 5.56 Å². The Balaban J connectivity index is 2.19. The van der Waals surface area contributed by atoms with Gasteiger partial charge in [-0.25, -0.2) is 0 Å². The highest BCUT2D eigenvalue weighted by atomic mass is 16.5. The molecule has 2 rings (SSSR count). The van der Waals surface area contributed by atoms with E-state index in [9.17, 15) is 9.82 Å². The van der Waals surface area contributed by atoms with Gasteiger partial charge in [-0.1, -0.05) is 30.3 Å². The number of rotatable bonds is 4. The third-order valence-electron chi connectivity index (χ3n) is 3.99. The van der Waals surface area contributed by atoms with E-state index in [0.29, 0.717) is 13.2 Å². The summed E-state index contributed by atoms with van der Waals surface area (Å²) in [6.45, 7) is 5.31. The molecule has 1 heterocycles. The van der Waals surface area contributed by atoms with Crippen molar-refractivity contribution < 1.29 is 14.6 Å². The molecular formula is C15H22BNO3. The van der Waals surface area contributed by atoms with Gasteiger partial charge in [0.15, 0.2) is 0 Å². The van der Waals surface area contributed by atoms with Crippen LogP contribution in [0.5, 0.6) is 0 Å². The first-order valence-electron chi connectivity index (χ1n) is 7.27. The highest BCUT2D eigenvalue weighted by Crippen LogP contribution is 2.34. The maximum atomic E-state index is 12.2. The zero-order valence-electron chi connectivity index (χ0n) is 12.2. The Morgan fingerprint density at radius 2 is 2.15 bits per heavy atom. The van der Waals surface area contributed by atoms with E-state index >= 15 is 0 Å². The Morgan fingerprint density at radius 3 is 2.75 bits per heavy atom. The van der Waals surface area contributed by atoms with Gasteiger partial charge in [0.1, 0.15) is 0 Å². The molecule has 0 amide bonds. The lowest BCUT2D eigenvalue weighted by Gasteiger charge is -2.38. The molecule has 0 saturated carbocycles. The number of ether oxygens (including phenoxy) is 1. The molecule has 2 atom stereocenters. The van der Waals surface area contributed by atoms with E-state index in [0.717, 1.165) is 13.0 Å². The maximum Gasteiger partial charge on any atom is 0.376 e. The predicted molar refractivity (Wildman–Crippen MR) is 79.3 cm³/mol. The first kappa shape index (κ1) is 15.1. The van der Waals surface area contributed by atoms with Crippen LogP contribution in [0.3, 0.4) is 0 Å². The van der Waals surface area contributed by atoms with Crippen molar-refractivity contribution in [3.05, 3.63) is 35.9 Å². The van der Waals surface area contributed by atoms with Gasteiger partial charge in [0.25, 0.3) is 0 Å². The molecule has 1 aromatic carbocycles. The number of piperidine rings is 1. The predicted octanol–water partition coefficient (Wildman–Crippen LogP) is 1.77. The molecular weight excluding hydrogens is 253 g/mol. The van der Waals surface area contributed by atoms with Gasteiger partial charge in [-0.3, -0.25) is 4.79 Å². The Kier molecular flexibility index (Phi) is 5.20. The maximum absolute atomic E-state index is 12.2. The van der Waals surface area contributed by atoms with Crippen molar-refractivity contribution in [2.45, 2.75) is 26.1 Å². The minimum absolute atomic E-state index is 0.160. The molecule has 20 heavy (non-hydrogen) atoms. The van der Waals surface area contributed by atoms with Crippen molar-refractivity contribution in [2.24, 2.45) is 5.92 Å². The second-order valence-corrected chi connectivity index (χ2v) is 5.29. The summed E-state index contributed by atoms with van der Waals surface area (Å²) in [4.78, 5) is 14.2. The number of nitrogens with zero attached hydrogens (tertiary/aromatic N) is 1. The molecule has 0 radical (unpaired) electrons. The molecule has 0 aliphatic carbocycles. The summed E-state index contributed by atoms with van der Waals surface area (Å²) in [5.41, 5.74) is 1.18. The number of benzene rings is 1. The Morgan fingerprint density at radius 1 is 1.45 bits per heavy atom. The number of hydrogen-bond acceptors (Lipinski definition) is 4. The molecule has 0 bridgehead atoms. The van der Waals surface area contributed by atoms with Gasteiger partial charge in [0.2, 0.25) is 0 Å². The summed E-state index contributed by atoms with van der Waals surface area (Å²) < 4.78 is 5.21. The average molecular weight is 275 g/mol. The second-order valence-electron chi connectivity index (χ2n) is 5.29. The summed E-state index contributed by atoms with van der Waals surface area (Å²) >= 11 is 0. The zero-order chi connectivity index (χ0) is 14.5. The smallest absolute Gasteiger partial charge is 0.376 e. The van der Waals surface area contributed by atoms with E-state index in [4.69, 9.17) is 4.74 Å². The molecule has 1 saturated heterocycles. The minimum Gasteiger partial charge on any atom is -0.466 e. The van der Waals surface area contributed by atoms with Crippen LogP contribution in [-0.2, 0) is 9.53 Å². The van der Waals surface area contributed by atoms with Crippen molar-refractivity contribution in [3.63, 3.8) is 0 Å². The molecule has 0 spiro atoms. The molecule has 0 aromatic heterocycles. The van der Waals surface area contributed by atoms with Crippen LogP contribution in [0.4, 0.5) is 0 Å². The molecule has 0 unspecified atom stereocenters. The van der Waals surface area contributed by atoms with Crippen molar-refractivity contribution in [3.8, 4) is 0 Å². The van der Waals surface area contributed by atoms with Crippen molar-refractivity contribution in [1.29, 1.82) is 0 Å². The SMILES string of the molecule is CCOC(=O)[C@@H]1CN(B(C)O)CC[C@H]1c1ccccc1. The van der Waals surface area contributed by atoms with E-state index in [1.54, 1.807) is 6.82 Å². The molecule has 1 aliphatic rings. The fourth-order valence-corrected chi connectivity index (χ4v) is 2.90. The summed E-state index contributed by atoms with van der Waals surface area (Å²) in [5.74, 6) is -0.197. The average Bonchev–Trinajstić information content (AvgIpc) is 2.47. The Labute approximate surface area is 120 Å². The highest BCUT2D eigenvalue weighted by molar-refractivity contribution is 6.45. The largest absolute Gasteiger partial charge is 0.466 e. The Hall–Kier alpha value is -1.33. The third-order valence-corrected chi connectivity index (χ3v) is 3.99.